The second-order valence-corrected chi connectivity index (χ2v) is 26.9. The van der Waals surface area contributed by atoms with Gasteiger partial charge in [0.2, 0.25) is 35.5 Å². The van der Waals surface area contributed by atoms with E-state index in [0.717, 1.165) is 41.3 Å². The van der Waals surface area contributed by atoms with E-state index < -0.39 is 65.0 Å². The molecule has 8 aromatic rings. The summed E-state index contributed by atoms with van der Waals surface area (Å²) < 4.78 is 36.1. The molecule has 2 aliphatic rings. The van der Waals surface area contributed by atoms with E-state index in [9.17, 15) is 38.7 Å². The van der Waals surface area contributed by atoms with Crippen LogP contribution >= 0.6 is 11.3 Å². The summed E-state index contributed by atoms with van der Waals surface area (Å²) in [4.78, 5) is 115. The van der Waals surface area contributed by atoms with Gasteiger partial charge in [0.25, 0.3) is 17.7 Å². The molecule has 31 heteroatoms. The summed E-state index contributed by atoms with van der Waals surface area (Å²) in [5, 5.41) is 34.2. The zero-order valence-corrected chi connectivity index (χ0v) is 59.9. The van der Waals surface area contributed by atoms with Crippen molar-refractivity contribution in [3.63, 3.8) is 0 Å². The third-order valence-electron chi connectivity index (χ3n) is 17.5. The number of amides is 7. The topological polar surface area (TPSA) is 363 Å². The van der Waals surface area contributed by atoms with E-state index in [1.54, 1.807) is 85.6 Å². The number of imidazole rings is 2. The third-order valence-corrected chi connectivity index (χ3v) is 18.5. The molecule has 0 radical (unpaired) electrons. The fraction of sp³-hybridized carbons (Fsp3) is 0.465. The summed E-state index contributed by atoms with van der Waals surface area (Å²) in [6.45, 7) is 20.6. The number of carbonyl (C=O) groups is 7. The average molecular weight is 1420 g/mol. The SMILES string of the molecule is CCn1nc(C)cc1C(=O)Nc1nc2cc(C(=O)NCCOCCOCCC(=O)N[C@@H](C(=O)N3C[C@@H](O)C[C@H]3C(=O)NCc3ccc(-c4scnc4C)cc3)C(C)(C)C)cc(OC)c2n1C/C=C/Cn1c(NC(=O)c2cc(C)nn2CC)nc2cc(C(N)=O)cc(OCCCN3CCOCC3)c21. The molecule has 2 saturated heterocycles. The first-order chi connectivity index (χ1) is 49.0. The van der Waals surface area contributed by atoms with Crippen LogP contribution in [0.25, 0.3) is 32.5 Å². The maximum atomic E-state index is 14.2. The van der Waals surface area contributed by atoms with Crippen LogP contribution < -0.4 is 41.8 Å². The minimum absolute atomic E-state index is 0.0213. The lowest BCUT2D eigenvalue weighted by Crippen LogP contribution is -2.57. The Balaban J connectivity index is 0.761. The number of aromatic nitrogens is 9. The van der Waals surface area contributed by atoms with Crippen molar-refractivity contribution >= 4 is 86.7 Å². The second-order valence-electron chi connectivity index (χ2n) is 26.0. The summed E-state index contributed by atoms with van der Waals surface area (Å²) in [6.07, 6.45) is 3.44. The normalized spacial score (nSPS) is 15.3. The zero-order valence-electron chi connectivity index (χ0n) is 59.1. The molecule has 3 atom stereocenters. The van der Waals surface area contributed by atoms with Gasteiger partial charge in [-0.2, -0.15) is 10.2 Å². The first-order valence-corrected chi connectivity index (χ1v) is 35.1. The minimum atomic E-state index is -1.01. The molecule has 102 heavy (non-hydrogen) atoms. The van der Waals surface area contributed by atoms with Crippen molar-refractivity contribution < 1.29 is 62.4 Å². The van der Waals surface area contributed by atoms with E-state index in [2.05, 4.69) is 46.7 Å². The molecule has 0 bridgehead atoms. The molecule has 10 rings (SSSR count). The highest BCUT2D eigenvalue weighted by Crippen LogP contribution is 2.35. The van der Waals surface area contributed by atoms with Gasteiger partial charge in [0.15, 0.2) is 0 Å². The van der Waals surface area contributed by atoms with Gasteiger partial charge in [-0.15, -0.1) is 11.3 Å². The summed E-state index contributed by atoms with van der Waals surface area (Å²) in [6, 6.07) is 15.5. The quantitative estimate of drug-likeness (QED) is 0.0189. The number of primary amides is 1. The van der Waals surface area contributed by atoms with Gasteiger partial charge in [0.05, 0.1) is 98.0 Å². The summed E-state index contributed by atoms with van der Waals surface area (Å²) >= 11 is 1.56. The molecule has 0 saturated carbocycles. The van der Waals surface area contributed by atoms with Crippen LogP contribution in [0.5, 0.6) is 11.5 Å². The number of rotatable bonds is 33. The van der Waals surface area contributed by atoms with Gasteiger partial charge in [-0.05, 0) is 94.0 Å². The maximum Gasteiger partial charge on any atom is 0.276 e. The van der Waals surface area contributed by atoms with Crippen LogP contribution in [0.2, 0.25) is 0 Å². The number of hydrogen-bond acceptors (Lipinski definition) is 20. The molecule has 7 heterocycles. The number of morpholine rings is 1. The Hall–Kier alpha value is -9.92. The Morgan fingerprint density at radius 1 is 0.755 bits per heavy atom. The molecule has 0 aliphatic carbocycles. The number of fused-ring (bicyclic) bond motifs is 2. The number of benzene rings is 3. The molecule has 544 valence electrons. The Labute approximate surface area is 594 Å². The lowest BCUT2D eigenvalue weighted by Gasteiger charge is -2.35. The molecule has 2 fully saturated rings. The number of hydrogen-bond donors (Lipinski definition) is 7. The molecular formula is C71H91N17O13S. The number of allylic oxidation sites excluding steroid dienone is 2. The lowest BCUT2D eigenvalue weighted by atomic mass is 9.85. The number of β-amino-alcohol motifs (C(OH)–C–C–N with tert-alkyl or cyclic N) is 1. The first-order valence-electron chi connectivity index (χ1n) is 34.2. The fourth-order valence-electron chi connectivity index (χ4n) is 12.3. The highest BCUT2D eigenvalue weighted by molar-refractivity contribution is 7.13. The monoisotopic (exact) mass is 1420 g/mol. The van der Waals surface area contributed by atoms with Gasteiger partial charge in [-0.1, -0.05) is 57.2 Å². The number of aliphatic hydroxyl groups is 1. The maximum absolute atomic E-state index is 14.2. The number of aryl methyl sites for hydroxylation is 5. The largest absolute Gasteiger partial charge is 0.494 e. The molecule has 0 spiro atoms. The van der Waals surface area contributed by atoms with Crippen molar-refractivity contribution in [3.8, 4) is 21.9 Å². The molecule has 3 aromatic carbocycles. The highest BCUT2D eigenvalue weighted by atomic mass is 32.1. The van der Waals surface area contributed by atoms with Gasteiger partial charge < -0.3 is 64.5 Å². The van der Waals surface area contributed by atoms with Crippen LogP contribution in [0.4, 0.5) is 11.9 Å². The van der Waals surface area contributed by atoms with Gasteiger partial charge in [-0.25, -0.2) is 15.0 Å². The van der Waals surface area contributed by atoms with Gasteiger partial charge in [0, 0.05) is 89.4 Å². The smallest absolute Gasteiger partial charge is 0.276 e. The number of aliphatic hydroxyl groups excluding tert-OH is 1. The van der Waals surface area contributed by atoms with Crippen LogP contribution in [0, 0.1) is 26.2 Å². The number of thiazole rings is 1. The highest BCUT2D eigenvalue weighted by Gasteiger charge is 2.44. The Kier molecular flexibility index (Phi) is 25.0. The molecule has 7 amide bonds. The number of nitrogens with two attached hydrogens (primary N) is 1. The van der Waals surface area contributed by atoms with E-state index in [1.807, 2.05) is 78.0 Å². The van der Waals surface area contributed by atoms with Crippen molar-refractivity contribution in [1.82, 2.24) is 69.4 Å². The second kappa shape index (κ2) is 34.2. The van der Waals surface area contributed by atoms with Crippen LogP contribution in [0.1, 0.15) is 118 Å². The third kappa shape index (κ3) is 18.4. The summed E-state index contributed by atoms with van der Waals surface area (Å²) in [5.74, 6) is -2.46. The molecule has 5 aromatic heterocycles. The number of nitrogens with zero attached hydrogens (tertiary/aromatic N) is 11. The Morgan fingerprint density at radius 2 is 1.35 bits per heavy atom. The van der Waals surface area contributed by atoms with Crippen molar-refractivity contribution in [2.45, 2.75) is 126 Å². The van der Waals surface area contributed by atoms with E-state index in [1.165, 1.54) is 12.0 Å². The number of carbonyl (C=O) groups excluding carboxylic acids is 7. The Morgan fingerprint density at radius 3 is 1.93 bits per heavy atom. The van der Waals surface area contributed by atoms with Gasteiger partial charge >= 0.3 is 0 Å². The van der Waals surface area contributed by atoms with Crippen molar-refractivity contribution in [3.05, 3.63) is 123 Å². The number of likely N-dealkylation sites (tertiary alicyclic amines) is 1. The number of methoxy groups -OCH3 is 1. The molecular weight excluding hydrogens is 1330 g/mol. The van der Waals surface area contributed by atoms with E-state index in [-0.39, 0.29) is 101 Å². The minimum Gasteiger partial charge on any atom is -0.494 e. The van der Waals surface area contributed by atoms with Crippen LogP contribution in [-0.4, -0.2) is 204 Å². The van der Waals surface area contributed by atoms with E-state index in [4.69, 9.17) is 39.4 Å². The van der Waals surface area contributed by atoms with Crippen LogP contribution in [0.3, 0.4) is 0 Å². The fourth-order valence-corrected chi connectivity index (χ4v) is 13.1. The predicted molar refractivity (Wildman–Crippen MR) is 382 cm³/mol. The summed E-state index contributed by atoms with van der Waals surface area (Å²) in [5.41, 5.74) is 13.7. The molecule has 0 unspecified atom stereocenters. The lowest BCUT2D eigenvalue weighted by molar-refractivity contribution is -0.144. The van der Waals surface area contributed by atoms with Crippen LogP contribution in [0.15, 0.2) is 78.3 Å². The number of anilines is 2. The first kappa shape index (κ1) is 74.8. The zero-order chi connectivity index (χ0) is 72.8. The summed E-state index contributed by atoms with van der Waals surface area (Å²) in [7, 11) is 1.46. The van der Waals surface area contributed by atoms with E-state index in [0.29, 0.717) is 89.9 Å². The van der Waals surface area contributed by atoms with Gasteiger partial charge in [-0.3, -0.25) is 58.5 Å². The molecule has 30 nitrogen and oxygen atoms in total. The van der Waals surface area contributed by atoms with Gasteiger partial charge in [0.1, 0.15) is 46.0 Å². The Bertz CT molecular complexity index is 4350. The van der Waals surface area contributed by atoms with Crippen molar-refractivity contribution in [2.24, 2.45) is 11.1 Å². The van der Waals surface area contributed by atoms with Crippen molar-refractivity contribution in [1.29, 1.82) is 0 Å². The molecule has 8 N–H and O–H groups in total. The van der Waals surface area contributed by atoms with E-state index >= 15 is 0 Å². The van der Waals surface area contributed by atoms with Crippen molar-refractivity contribution in [2.75, 3.05) is 96.7 Å². The predicted octanol–water partition coefficient (Wildman–Crippen LogP) is 5.80. The number of ether oxygens (including phenoxy) is 5. The molecule has 2 aliphatic heterocycles. The average Bonchev–Trinajstić information content (AvgIpc) is 1.62. The standard InChI is InChI=1S/C71H91N17O13S/c1-10-87-54(33-43(3)81-87)66(94)79-69-77-52-36-49(64(92)73-20-28-99-32-31-98-27-19-58(90)78-62(71(6,7)8)68(96)86-41-50(89)39-53(86)65(93)74-40-46-15-17-47(18-16-46)61-45(5)75-42-102-61)38-56(97-9)59(52)84(69)22-12-13-23-85-60-51(76-70(85)80-67(95)55-34-44(4)82-88(55)11-2)35-48(63(72)91)37-57(60)101-26-14-21-83-24-29-100-30-25-83/h12-13,15-18,33-38,42,50,53,62,89H,10-11,14,19-32,39-41H2,1-9H3,(H2,72,91)(H,73,92)(H,74,93)(H,78,90)(H,76,80,95)(H,77,79,94)/b13-12+/t50-,53-,62-/m0/s1. The van der Waals surface area contributed by atoms with Crippen LogP contribution in [-0.2, 0) is 61.3 Å². The number of nitrogens with one attached hydrogen (secondary N) is 5.